The number of halogens is 3. The van der Waals surface area contributed by atoms with Gasteiger partial charge in [0.1, 0.15) is 6.61 Å². The first-order chi connectivity index (χ1) is 8.72. The Labute approximate surface area is 114 Å². The zero-order valence-corrected chi connectivity index (χ0v) is 10.9. The highest BCUT2D eigenvalue weighted by atomic mass is 35.5. The van der Waals surface area contributed by atoms with E-state index < -0.39 is 5.82 Å². The van der Waals surface area contributed by atoms with E-state index in [2.05, 4.69) is 4.98 Å². The van der Waals surface area contributed by atoms with E-state index in [4.69, 9.17) is 27.9 Å². The number of benzene rings is 1. The van der Waals surface area contributed by atoms with Crippen molar-refractivity contribution in [3.05, 3.63) is 58.6 Å². The summed E-state index contributed by atoms with van der Waals surface area (Å²) in [7, 11) is 0. The molecule has 2 rings (SSSR count). The topological polar surface area (TPSA) is 22.1 Å². The van der Waals surface area contributed by atoms with Crippen LogP contribution in [-0.4, -0.2) is 4.98 Å². The van der Waals surface area contributed by atoms with E-state index >= 15 is 0 Å². The smallest absolute Gasteiger partial charge is 0.165 e. The molecule has 0 amide bonds. The van der Waals surface area contributed by atoms with E-state index in [1.165, 1.54) is 12.3 Å². The molecule has 5 heteroatoms. The fraction of sp³-hybridized carbons (Fsp3) is 0.154. The molecular weight excluding hydrogens is 276 g/mol. The number of nitrogens with zero attached hydrogens (tertiary/aromatic N) is 1. The van der Waals surface area contributed by atoms with Crippen molar-refractivity contribution in [1.82, 2.24) is 4.98 Å². The molecule has 18 heavy (non-hydrogen) atoms. The first kappa shape index (κ1) is 13.1. The maximum atomic E-state index is 13.6. The predicted octanol–water partition coefficient (Wildman–Crippen LogP) is 4.19. The Hall–Kier alpha value is -1.32. The molecule has 2 aromatic rings. The third-order valence-corrected chi connectivity index (χ3v) is 3.05. The molecule has 0 bridgehead atoms. The van der Waals surface area contributed by atoms with Gasteiger partial charge in [0.2, 0.25) is 0 Å². The first-order valence-corrected chi connectivity index (χ1v) is 6.18. The highest BCUT2D eigenvalue weighted by molar-refractivity contribution is 6.31. The number of para-hydroxylation sites is 1. The molecule has 2 nitrogen and oxygen atoms in total. The minimum atomic E-state index is -0.432. The molecule has 1 aromatic carbocycles. The maximum Gasteiger partial charge on any atom is 0.165 e. The second-order valence-corrected chi connectivity index (χ2v) is 4.29. The Bertz CT molecular complexity index is 548. The Balaban J connectivity index is 2.18. The van der Waals surface area contributed by atoms with E-state index in [1.807, 2.05) is 0 Å². The van der Waals surface area contributed by atoms with Gasteiger partial charge in [-0.3, -0.25) is 4.98 Å². The average Bonchev–Trinajstić information content (AvgIpc) is 2.39. The molecule has 0 aliphatic carbocycles. The summed E-state index contributed by atoms with van der Waals surface area (Å²) in [6.45, 7) is 0.173. The number of hydrogen-bond acceptors (Lipinski definition) is 2. The summed E-state index contributed by atoms with van der Waals surface area (Å²) < 4.78 is 19.1. The van der Waals surface area contributed by atoms with Crippen molar-refractivity contribution in [3.8, 4) is 5.75 Å². The van der Waals surface area contributed by atoms with Gasteiger partial charge in [-0.1, -0.05) is 23.7 Å². The molecule has 0 saturated heterocycles. The van der Waals surface area contributed by atoms with Gasteiger partial charge in [0.25, 0.3) is 0 Å². The van der Waals surface area contributed by atoms with Crippen LogP contribution in [0.5, 0.6) is 5.75 Å². The Morgan fingerprint density at radius 2 is 2.06 bits per heavy atom. The Kier molecular flexibility index (Phi) is 4.39. The molecule has 0 spiro atoms. The first-order valence-electron chi connectivity index (χ1n) is 5.27. The molecule has 0 radical (unpaired) electrons. The monoisotopic (exact) mass is 285 g/mol. The van der Waals surface area contributed by atoms with Gasteiger partial charge >= 0.3 is 0 Å². The number of ether oxygens (including phenoxy) is 1. The third-order valence-electron chi connectivity index (χ3n) is 2.42. The summed E-state index contributed by atoms with van der Waals surface area (Å²) >= 11 is 11.7. The van der Waals surface area contributed by atoms with Crippen molar-refractivity contribution in [2.24, 2.45) is 0 Å². The second kappa shape index (κ2) is 6.03. The van der Waals surface area contributed by atoms with Crippen LogP contribution < -0.4 is 4.74 Å². The molecule has 0 aliphatic heterocycles. The standard InChI is InChI=1S/C13H10Cl2FNO/c14-6-9-2-1-3-12(16)13(9)18-8-10-4-5-17-7-11(10)15/h1-5,7H,6,8H2. The average molecular weight is 286 g/mol. The molecule has 1 heterocycles. The lowest BCUT2D eigenvalue weighted by Gasteiger charge is -2.11. The number of rotatable bonds is 4. The van der Waals surface area contributed by atoms with Crippen molar-refractivity contribution >= 4 is 23.2 Å². The zero-order valence-electron chi connectivity index (χ0n) is 9.37. The number of hydrogen-bond donors (Lipinski definition) is 0. The summed E-state index contributed by atoms with van der Waals surface area (Å²) in [6.07, 6.45) is 3.12. The lowest BCUT2D eigenvalue weighted by Crippen LogP contribution is -2.01. The summed E-state index contributed by atoms with van der Waals surface area (Å²) in [6, 6.07) is 6.38. The minimum absolute atomic E-state index is 0.167. The van der Waals surface area contributed by atoms with Crippen molar-refractivity contribution in [2.45, 2.75) is 12.5 Å². The summed E-state index contributed by atoms with van der Waals surface area (Å²) in [5.74, 6) is -0.0734. The molecule has 1 aromatic heterocycles. The van der Waals surface area contributed by atoms with Gasteiger partial charge in [0, 0.05) is 23.5 Å². The SMILES string of the molecule is Fc1cccc(CCl)c1OCc1ccncc1Cl. The summed E-state index contributed by atoms with van der Waals surface area (Å²) in [5, 5.41) is 0.487. The van der Waals surface area contributed by atoms with Gasteiger partial charge in [-0.05, 0) is 12.1 Å². The van der Waals surface area contributed by atoms with Crippen LogP contribution in [0.4, 0.5) is 4.39 Å². The van der Waals surface area contributed by atoms with Gasteiger partial charge in [-0.25, -0.2) is 4.39 Å². The van der Waals surface area contributed by atoms with Crippen molar-refractivity contribution < 1.29 is 9.13 Å². The fourth-order valence-corrected chi connectivity index (χ4v) is 1.88. The van der Waals surface area contributed by atoms with Crippen LogP contribution in [0.3, 0.4) is 0 Å². The van der Waals surface area contributed by atoms with E-state index in [-0.39, 0.29) is 18.2 Å². The fourth-order valence-electron chi connectivity index (χ4n) is 1.49. The van der Waals surface area contributed by atoms with Gasteiger partial charge in [-0.2, -0.15) is 0 Å². The van der Waals surface area contributed by atoms with E-state index in [0.29, 0.717) is 10.6 Å². The van der Waals surface area contributed by atoms with Gasteiger partial charge in [0.05, 0.1) is 10.9 Å². The summed E-state index contributed by atoms with van der Waals surface area (Å²) in [5.41, 5.74) is 1.36. The van der Waals surface area contributed by atoms with Gasteiger partial charge in [-0.15, -0.1) is 11.6 Å². The lowest BCUT2D eigenvalue weighted by molar-refractivity contribution is 0.288. The normalized spacial score (nSPS) is 10.4. The quantitative estimate of drug-likeness (QED) is 0.786. The largest absolute Gasteiger partial charge is 0.485 e. The van der Waals surface area contributed by atoms with Gasteiger partial charge in [0.15, 0.2) is 11.6 Å². The van der Waals surface area contributed by atoms with Crippen molar-refractivity contribution in [3.63, 3.8) is 0 Å². The number of alkyl halides is 1. The van der Waals surface area contributed by atoms with E-state index in [0.717, 1.165) is 5.56 Å². The van der Waals surface area contributed by atoms with Crippen molar-refractivity contribution in [1.29, 1.82) is 0 Å². The highest BCUT2D eigenvalue weighted by Gasteiger charge is 2.10. The Morgan fingerprint density at radius 1 is 1.22 bits per heavy atom. The lowest BCUT2D eigenvalue weighted by atomic mass is 10.2. The molecule has 0 saturated carbocycles. The molecular formula is C13H10Cl2FNO. The summed E-state index contributed by atoms with van der Waals surface area (Å²) in [4.78, 5) is 3.87. The molecule has 0 N–H and O–H groups in total. The highest BCUT2D eigenvalue weighted by Crippen LogP contribution is 2.26. The van der Waals surface area contributed by atoms with E-state index in [1.54, 1.807) is 24.4 Å². The zero-order chi connectivity index (χ0) is 13.0. The third kappa shape index (κ3) is 2.92. The second-order valence-electron chi connectivity index (χ2n) is 3.62. The van der Waals surface area contributed by atoms with Crippen LogP contribution in [0.2, 0.25) is 5.02 Å². The van der Waals surface area contributed by atoms with Crippen LogP contribution in [-0.2, 0) is 12.5 Å². The van der Waals surface area contributed by atoms with Gasteiger partial charge < -0.3 is 4.74 Å². The van der Waals surface area contributed by atoms with E-state index in [9.17, 15) is 4.39 Å². The van der Waals surface area contributed by atoms with Crippen LogP contribution in [0, 0.1) is 5.82 Å². The number of aromatic nitrogens is 1. The molecule has 0 fully saturated rings. The van der Waals surface area contributed by atoms with Crippen molar-refractivity contribution in [2.75, 3.05) is 0 Å². The molecule has 0 aliphatic rings. The van der Waals surface area contributed by atoms with Crippen LogP contribution >= 0.6 is 23.2 Å². The van der Waals surface area contributed by atoms with Crippen LogP contribution in [0.15, 0.2) is 36.7 Å². The van der Waals surface area contributed by atoms with Crippen LogP contribution in [0.1, 0.15) is 11.1 Å². The predicted molar refractivity (Wildman–Crippen MR) is 69.5 cm³/mol. The molecule has 94 valence electrons. The molecule has 0 unspecified atom stereocenters. The van der Waals surface area contributed by atoms with Crippen LogP contribution in [0.25, 0.3) is 0 Å². The maximum absolute atomic E-state index is 13.6. The molecule has 0 atom stereocenters. The minimum Gasteiger partial charge on any atom is -0.485 e. The Morgan fingerprint density at radius 3 is 2.78 bits per heavy atom. The number of pyridine rings is 1.